The Morgan fingerprint density at radius 3 is 2.94 bits per heavy atom. The lowest BCUT2D eigenvalue weighted by molar-refractivity contribution is 0.389. The van der Waals surface area contributed by atoms with Crippen molar-refractivity contribution in [1.29, 1.82) is 0 Å². The fraction of sp³-hybridized carbons (Fsp3) is 0.167. The van der Waals surface area contributed by atoms with Crippen LogP contribution in [0.2, 0.25) is 0 Å². The van der Waals surface area contributed by atoms with Crippen LogP contribution in [0.5, 0.6) is 0 Å². The van der Waals surface area contributed by atoms with Crippen LogP contribution in [0.3, 0.4) is 0 Å². The molecule has 2 heterocycles. The van der Waals surface area contributed by atoms with Gasteiger partial charge in [0.25, 0.3) is 0 Å². The van der Waals surface area contributed by atoms with Gasteiger partial charge in [-0.15, -0.1) is 0 Å². The van der Waals surface area contributed by atoms with E-state index >= 15 is 0 Å². The molecular weight excluding hydrogens is 235 g/mol. The first-order valence-electron chi connectivity index (χ1n) is 5.47. The van der Waals surface area contributed by atoms with Crippen LogP contribution >= 0.6 is 0 Å². The fourth-order valence-electron chi connectivity index (χ4n) is 1.94. The minimum atomic E-state index is -0.319. The van der Waals surface area contributed by atoms with Crippen molar-refractivity contribution in [3.63, 3.8) is 0 Å². The molecule has 0 amide bonds. The van der Waals surface area contributed by atoms with Gasteiger partial charge in [0.05, 0.1) is 17.6 Å². The summed E-state index contributed by atoms with van der Waals surface area (Å²) in [6.07, 6.45) is 0. The Hall–Kier alpha value is -2.37. The van der Waals surface area contributed by atoms with Crippen LogP contribution in [-0.2, 0) is 6.54 Å². The van der Waals surface area contributed by atoms with Gasteiger partial charge < -0.3 is 14.8 Å². The molecule has 0 aliphatic carbocycles. The number of imidazole rings is 1. The summed E-state index contributed by atoms with van der Waals surface area (Å²) in [6.45, 7) is 2.22. The molecule has 0 aliphatic heterocycles. The summed E-state index contributed by atoms with van der Waals surface area (Å²) in [5.41, 5.74) is 7.86. The number of benzene rings is 1. The van der Waals surface area contributed by atoms with Gasteiger partial charge in [0, 0.05) is 6.07 Å². The van der Waals surface area contributed by atoms with Crippen molar-refractivity contribution in [1.82, 2.24) is 14.7 Å². The third-order valence-corrected chi connectivity index (χ3v) is 2.74. The number of aryl methyl sites for hydroxylation is 1. The quantitative estimate of drug-likeness (QED) is 0.751. The molecule has 2 aromatic heterocycles. The number of anilines is 1. The third kappa shape index (κ3) is 1.71. The second kappa shape index (κ2) is 3.83. The second-order valence-corrected chi connectivity index (χ2v) is 4.12. The molecule has 18 heavy (non-hydrogen) atoms. The number of halogens is 1. The minimum absolute atomic E-state index is 0.319. The van der Waals surface area contributed by atoms with Gasteiger partial charge in [0.1, 0.15) is 17.3 Å². The van der Waals surface area contributed by atoms with Gasteiger partial charge >= 0.3 is 0 Å². The molecule has 0 radical (unpaired) electrons. The zero-order valence-corrected chi connectivity index (χ0v) is 9.72. The number of nitrogen functional groups attached to an aromatic ring is 1. The van der Waals surface area contributed by atoms with Gasteiger partial charge in [-0.05, 0) is 25.1 Å². The van der Waals surface area contributed by atoms with Crippen LogP contribution in [-0.4, -0.2) is 14.7 Å². The summed E-state index contributed by atoms with van der Waals surface area (Å²) in [7, 11) is 0. The van der Waals surface area contributed by atoms with E-state index in [2.05, 4.69) is 10.1 Å². The average Bonchev–Trinajstić information content (AvgIpc) is 2.86. The molecule has 0 fully saturated rings. The van der Waals surface area contributed by atoms with E-state index in [1.807, 2.05) is 13.0 Å². The average molecular weight is 246 g/mol. The van der Waals surface area contributed by atoms with E-state index in [-0.39, 0.29) is 5.82 Å². The van der Waals surface area contributed by atoms with Gasteiger partial charge in [-0.3, -0.25) is 0 Å². The SMILES string of the molecule is Cc1cc(Cn2c(N)nc3ccc(F)cc32)no1. The van der Waals surface area contributed by atoms with Crippen molar-refractivity contribution in [3.8, 4) is 0 Å². The Kier molecular flexibility index (Phi) is 2.29. The largest absolute Gasteiger partial charge is 0.369 e. The van der Waals surface area contributed by atoms with E-state index in [1.165, 1.54) is 12.1 Å². The maximum Gasteiger partial charge on any atom is 0.201 e. The highest BCUT2D eigenvalue weighted by atomic mass is 19.1. The van der Waals surface area contributed by atoms with Crippen LogP contribution < -0.4 is 5.73 Å². The number of rotatable bonds is 2. The number of hydrogen-bond acceptors (Lipinski definition) is 4. The van der Waals surface area contributed by atoms with Crippen molar-refractivity contribution >= 4 is 17.0 Å². The molecule has 0 saturated heterocycles. The van der Waals surface area contributed by atoms with Gasteiger partial charge in [0.15, 0.2) is 0 Å². The Labute approximate surface area is 102 Å². The number of aromatic nitrogens is 3. The van der Waals surface area contributed by atoms with E-state index in [0.29, 0.717) is 23.5 Å². The molecule has 0 saturated carbocycles. The van der Waals surface area contributed by atoms with Crippen molar-refractivity contribution in [2.24, 2.45) is 0 Å². The maximum absolute atomic E-state index is 13.3. The van der Waals surface area contributed by atoms with Crippen molar-refractivity contribution < 1.29 is 8.91 Å². The predicted molar refractivity (Wildman–Crippen MR) is 64.4 cm³/mol. The Morgan fingerprint density at radius 1 is 1.39 bits per heavy atom. The first-order chi connectivity index (χ1) is 8.63. The minimum Gasteiger partial charge on any atom is -0.369 e. The van der Waals surface area contributed by atoms with Gasteiger partial charge in [-0.2, -0.15) is 0 Å². The topological polar surface area (TPSA) is 69.9 Å². The summed E-state index contributed by atoms with van der Waals surface area (Å²) >= 11 is 0. The van der Waals surface area contributed by atoms with E-state index in [1.54, 1.807) is 10.6 Å². The standard InChI is InChI=1S/C12H11FN4O/c1-7-4-9(16-18-7)6-17-11-5-8(13)2-3-10(11)15-12(17)14/h2-5H,6H2,1H3,(H2,14,15). The van der Waals surface area contributed by atoms with Gasteiger partial charge in [0.2, 0.25) is 5.95 Å². The molecule has 92 valence electrons. The summed E-state index contributed by atoms with van der Waals surface area (Å²) in [5.74, 6) is 0.732. The molecule has 0 bridgehead atoms. The highest BCUT2D eigenvalue weighted by Gasteiger charge is 2.11. The lowest BCUT2D eigenvalue weighted by Crippen LogP contribution is -2.04. The Morgan fingerprint density at radius 2 is 2.22 bits per heavy atom. The maximum atomic E-state index is 13.3. The molecule has 6 heteroatoms. The summed E-state index contributed by atoms with van der Waals surface area (Å²) < 4.78 is 19.9. The predicted octanol–water partition coefficient (Wildman–Crippen LogP) is 2.10. The van der Waals surface area contributed by atoms with Crippen LogP contribution in [0.4, 0.5) is 10.3 Å². The fourth-order valence-corrected chi connectivity index (χ4v) is 1.94. The van der Waals surface area contributed by atoms with Gasteiger partial charge in [-0.25, -0.2) is 9.37 Å². The number of fused-ring (bicyclic) bond motifs is 1. The zero-order valence-electron chi connectivity index (χ0n) is 9.72. The second-order valence-electron chi connectivity index (χ2n) is 4.12. The van der Waals surface area contributed by atoms with E-state index in [9.17, 15) is 4.39 Å². The van der Waals surface area contributed by atoms with Gasteiger partial charge in [-0.1, -0.05) is 5.16 Å². The highest BCUT2D eigenvalue weighted by molar-refractivity contribution is 5.78. The molecule has 3 aromatic rings. The van der Waals surface area contributed by atoms with Crippen molar-refractivity contribution in [3.05, 3.63) is 41.5 Å². The Bertz CT molecular complexity index is 716. The van der Waals surface area contributed by atoms with Crippen LogP contribution in [0.15, 0.2) is 28.8 Å². The van der Waals surface area contributed by atoms with Crippen LogP contribution in [0.25, 0.3) is 11.0 Å². The van der Waals surface area contributed by atoms with Crippen molar-refractivity contribution in [2.45, 2.75) is 13.5 Å². The highest BCUT2D eigenvalue weighted by Crippen LogP contribution is 2.20. The smallest absolute Gasteiger partial charge is 0.201 e. The molecule has 0 aliphatic rings. The lowest BCUT2D eigenvalue weighted by Gasteiger charge is -2.03. The molecule has 1 aromatic carbocycles. The monoisotopic (exact) mass is 246 g/mol. The normalized spacial score (nSPS) is 11.2. The number of hydrogen-bond donors (Lipinski definition) is 1. The lowest BCUT2D eigenvalue weighted by atomic mass is 10.3. The first kappa shape index (κ1) is 10.8. The van der Waals surface area contributed by atoms with Crippen molar-refractivity contribution in [2.75, 3.05) is 5.73 Å². The number of nitrogens with zero attached hydrogens (tertiary/aromatic N) is 3. The van der Waals surface area contributed by atoms with Crippen LogP contribution in [0.1, 0.15) is 11.5 Å². The summed E-state index contributed by atoms with van der Waals surface area (Å²) in [4.78, 5) is 4.17. The molecule has 0 spiro atoms. The zero-order chi connectivity index (χ0) is 12.7. The van der Waals surface area contributed by atoms with E-state index < -0.39 is 0 Å². The van der Waals surface area contributed by atoms with Crippen LogP contribution in [0, 0.1) is 12.7 Å². The van der Waals surface area contributed by atoms with E-state index in [4.69, 9.17) is 10.3 Å². The molecule has 5 nitrogen and oxygen atoms in total. The third-order valence-electron chi connectivity index (χ3n) is 2.74. The molecule has 3 rings (SSSR count). The molecule has 0 atom stereocenters. The molecule has 2 N–H and O–H groups in total. The first-order valence-corrected chi connectivity index (χ1v) is 5.47. The summed E-state index contributed by atoms with van der Waals surface area (Å²) in [6, 6.07) is 6.18. The molecular formula is C12H11FN4O. The number of nitrogens with two attached hydrogens (primary N) is 1. The Balaban J connectivity index is 2.10. The summed E-state index contributed by atoms with van der Waals surface area (Å²) in [5, 5.41) is 3.89. The molecule has 0 unspecified atom stereocenters. The van der Waals surface area contributed by atoms with E-state index in [0.717, 1.165) is 11.5 Å².